The Hall–Kier alpha value is -2.68. The number of nitrogens with zero attached hydrogens (tertiary/aromatic N) is 5. The topological polar surface area (TPSA) is 95.8 Å². The van der Waals surface area contributed by atoms with Crippen molar-refractivity contribution >= 4 is 44.5 Å². The summed E-state index contributed by atoms with van der Waals surface area (Å²) >= 11 is 3.46. The molecule has 3 aromatic heterocycles. The first-order chi connectivity index (χ1) is 11.7. The van der Waals surface area contributed by atoms with Gasteiger partial charge in [0.1, 0.15) is 5.82 Å². The number of para-hydroxylation sites is 2. The predicted molar refractivity (Wildman–Crippen MR) is 96.1 cm³/mol. The summed E-state index contributed by atoms with van der Waals surface area (Å²) in [7, 11) is 0. The van der Waals surface area contributed by atoms with E-state index in [-0.39, 0.29) is 0 Å². The highest BCUT2D eigenvalue weighted by molar-refractivity contribution is 9.10. The molecule has 3 heterocycles. The number of imidazole rings is 1. The Morgan fingerprint density at radius 3 is 2.88 bits per heavy atom. The Bertz CT molecular complexity index is 972. The third-order valence-corrected chi connectivity index (χ3v) is 4.07. The first-order valence-corrected chi connectivity index (χ1v) is 8.36. The Morgan fingerprint density at radius 2 is 2.04 bits per heavy atom. The standard InChI is InChI=1S/C15H15BrN8/c1-2-17-14-22-13-9(16)7-19-24(13)15(23-14)18-8-12-20-10-5-3-4-6-11(10)21-12/h3-7H,2,8H2,1H3,(H,20,21)(H2,17,18,22,23). The van der Waals surface area contributed by atoms with Crippen LogP contribution in [-0.2, 0) is 6.54 Å². The van der Waals surface area contributed by atoms with Crippen molar-refractivity contribution in [3.63, 3.8) is 0 Å². The van der Waals surface area contributed by atoms with E-state index in [2.05, 4.69) is 51.6 Å². The van der Waals surface area contributed by atoms with Crippen molar-refractivity contribution in [1.82, 2.24) is 29.5 Å². The lowest BCUT2D eigenvalue weighted by Gasteiger charge is -2.08. The van der Waals surface area contributed by atoms with Crippen LogP contribution >= 0.6 is 15.9 Å². The van der Waals surface area contributed by atoms with E-state index in [1.165, 1.54) is 0 Å². The first kappa shape index (κ1) is 14.9. The summed E-state index contributed by atoms with van der Waals surface area (Å²) in [5.74, 6) is 1.99. The monoisotopic (exact) mass is 386 g/mol. The number of benzene rings is 1. The number of aromatic nitrogens is 6. The highest BCUT2D eigenvalue weighted by atomic mass is 79.9. The highest BCUT2D eigenvalue weighted by Crippen LogP contribution is 2.20. The zero-order valence-corrected chi connectivity index (χ0v) is 14.5. The molecular weight excluding hydrogens is 372 g/mol. The third-order valence-electron chi connectivity index (χ3n) is 3.51. The van der Waals surface area contributed by atoms with E-state index in [4.69, 9.17) is 0 Å². The molecule has 0 radical (unpaired) electrons. The maximum Gasteiger partial charge on any atom is 0.229 e. The van der Waals surface area contributed by atoms with Crippen LogP contribution in [-0.4, -0.2) is 36.1 Å². The fourth-order valence-electron chi connectivity index (χ4n) is 2.45. The minimum atomic E-state index is 0.504. The fraction of sp³-hybridized carbons (Fsp3) is 0.200. The molecule has 0 aliphatic rings. The SMILES string of the molecule is CCNc1nc(NCc2nc3ccccc3[nH]2)n2ncc(Br)c2n1. The minimum Gasteiger partial charge on any atom is -0.354 e. The first-order valence-electron chi connectivity index (χ1n) is 7.57. The van der Waals surface area contributed by atoms with Gasteiger partial charge in [0.15, 0.2) is 5.65 Å². The Labute approximate surface area is 145 Å². The maximum absolute atomic E-state index is 4.56. The van der Waals surface area contributed by atoms with Gasteiger partial charge in [-0.1, -0.05) is 12.1 Å². The summed E-state index contributed by atoms with van der Waals surface area (Å²) in [6, 6.07) is 7.93. The smallest absolute Gasteiger partial charge is 0.229 e. The Kier molecular flexibility index (Phi) is 3.77. The number of halogens is 1. The predicted octanol–water partition coefficient (Wildman–Crippen LogP) is 2.81. The molecule has 0 aliphatic heterocycles. The lowest BCUT2D eigenvalue weighted by Crippen LogP contribution is -2.12. The van der Waals surface area contributed by atoms with E-state index in [1.807, 2.05) is 31.2 Å². The summed E-state index contributed by atoms with van der Waals surface area (Å²) in [5.41, 5.74) is 2.66. The molecule has 0 atom stereocenters. The lowest BCUT2D eigenvalue weighted by molar-refractivity contribution is 0.868. The van der Waals surface area contributed by atoms with Crippen LogP contribution in [0.1, 0.15) is 12.7 Å². The van der Waals surface area contributed by atoms with Gasteiger partial charge >= 0.3 is 0 Å². The molecule has 8 nitrogen and oxygen atoms in total. The molecule has 0 aliphatic carbocycles. The molecule has 1 aromatic carbocycles. The summed E-state index contributed by atoms with van der Waals surface area (Å²) in [6.45, 7) is 3.25. The van der Waals surface area contributed by atoms with Gasteiger partial charge < -0.3 is 15.6 Å². The van der Waals surface area contributed by atoms with Gasteiger partial charge in [-0.05, 0) is 35.0 Å². The van der Waals surface area contributed by atoms with E-state index in [0.29, 0.717) is 24.1 Å². The quantitative estimate of drug-likeness (QED) is 0.488. The second-order valence-electron chi connectivity index (χ2n) is 5.18. The molecule has 0 saturated heterocycles. The van der Waals surface area contributed by atoms with Crippen LogP contribution < -0.4 is 10.6 Å². The molecule has 0 saturated carbocycles. The van der Waals surface area contributed by atoms with E-state index in [9.17, 15) is 0 Å². The molecule has 0 unspecified atom stereocenters. The van der Waals surface area contributed by atoms with E-state index in [0.717, 1.165) is 27.9 Å². The molecule has 0 fully saturated rings. The van der Waals surface area contributed by atoms with Crippen molar-refractivity contribution in [3.8, 4) is 0 Å². The maximum atomic E-state index is 4.56. The van der Waals surface area contributed by atoms with Crippen molar-refractivity contribution in [2.24, 2.45) is 0 Å². The number of anilines is 2. The number of hydrogen-bond donors (Lipinski definition) is 3. The van der Waals surface area contributed by atoms with Gasteiger partial charge in [0.2, 0.25) is 11.9 Å². The number of H-pyrrole nitrogens is 1. The Balaban J connectivity index is 1.65. The van der Waals surface area contributed by atoms with Gasteiger partial charge in [-0.2, -0.15) is 19.6 Å². The largest absolute Gasteiger partial charge is 0.354 e. The summed E-state index contributed by atoms with van der Waals surface area (Å²) < 4.78 is 2.48. The molecule has 122 valence electrons. The van der Waals surface area contributed by atoms with Gasteiger partial charge in [0, 0.05) is 6.54 Å². The normalized spacial score (nSPS) is 11.2. The second kappa shape index (κ2) is 6.08. The van der Waals surface area contributed by atoms with Crippen molar-refractivity contribution < 1.29 is 0 Å². The number of nitrogens with one attached hydrogen (secondary N) is 3. The van der Waals surface area contributed by atoms with Crippen molar-refractivity contribution in [1.29, 1.82) is 0 Å². The van der Waals surface area contributed by atoms with Crippen molar-refractivity contribution in [2.45, 2.75) is 13.5 Å². The fourth-order valence-corrected chi connectivity index (χ4v) is 2.80. The van der Waals surface area contributed by atoms with Gasteiger partial charge in [-0.25, -0.2) is 4.98 Å². The molecule has 0 spiro atoms. The average molecular weight is 387 g/mol. The van der Waals surface area contributed by atoms with E-state index in [1.54, 1.807) is 10.7 Å². The van der Waals surface area contributed by atoms with Gasteiger partial charge in [0.25, 0.3) is 0 Å². The molecule has 3 N–H and O–H groups in total. The average Bonchev–Trinajstić information content (AvgIpc) is 3.17. The van der Waals surface area contributed by atoms with Crippen LogP contribution in [0.5, 0.6) is 0 Å². The highest BCUT2D eigenvalue weighted by Gasteiger charge is 2.12. The van der Waals surface area contributed by atoms with Crippen LogP contribution in [0.3, 0.4) is 0 Å². The number of aromatic amines is 1. The number of rotatable bonds is 5. The van der Waals surface area contributed by atoms with Crippen LogP contribution in [0.2, 0.25) is 0 Å². The minimum absolute atomic E-state index is 0.504. The van der Waals surface area contributed by atoms with Crippen molar-refractivity contribution in [2.75, 3.05) is 17.2 Å². The van der Waals surface area contributed by atoms with Gasteiger partial charge in [-0.15, -0.1) is 0 Å². The van der Waals surface area contributed by atoms with Crippen LogP contribution in [0, 0.1) is 0 Å². The van der Waals surface area contributed by atoms with Crippen molar-refractivity contribution in [3.05, 3.63) is 40.8 Å². The number of fused-ring (bicyclic) bond motifs is 2. The zero-order valence-electron chi connectivity index (χ0n) is 12.9. The summed E-state index contributed by atoms with van der Waals surface area (Å²) in [5, 5.41) is 10.7. The van der Waals surface area contributed by atoms with Crippen LogP contribution in [0.25, 0.3) is 16.7 Å². The molecule has 4 aromatic rings. The molecule has 9 heteroatoms. The third kappa shape index (κ3) is 2.67. The summed E-state index contributed by atoms with van der Waals surface area (Å²) in [4.78, 5) is 16.8. The van der Waals surface area contributed by atoms with Crippen LogP contribution in [0.4, 0.5) is 11.9 Å². The van der Waals surface area contributed by atoms with Gasteiger partial charge in [-0.3, -0.25) is 0 Å². The zero-order chi connectivity index (χ0) is 16.5. The lowest BCUT2D eigenvalue weighted by atomic mass is 10.3. The second-order valence-corrected chi connectivity index (χ2v) is 6.04. The van der Waals surface area contributed by atoms with Crippen LogP contribution in [0.15, 0.2) is 34.9 Å². The number of hydrogen-bond acceptors (Lipinski definition) is 6. The summed E-state index contributed by atoms with van der Waals surface area (Å²) in [6.07, 6.45) is 1.70. The molecule has 4 rings (SSSR count). The van der Waals surface area contributed by atoms with E-state index < -0.39 is 0 Å². The molecule has 0 amide bonds. The molecule has 24 heavy (non-hydrogen) atoms. The molecule has 0 bridgehead atoms. The molecular formula is C15H15BrN8. The van der Waals surface area contributed by atoms with E-state index >= 15 is 0 Å². The Morgan fingerprint density at radius 1 is 1.17 bits per heavy atom. The van der Waals surface area contributed by atoms with Gasteiger partial charge in [0.05, 0.1) is 28.2 Å².